The normalized spacial score (nSPS) is 11.0. The minimum Gasteiger partial charge on any atom is -0.492 e. The summed E-state index contributed by atoms with van der Waals surface area (Å²) in [5, 5.41) is 0. The second-order valence-corrected chi connectivity index (χ2v) is 5.77. The van der Waals surface area contributed by atoms with Crippen molar-refractivity contribution in [1.29, 1.82) is 0 Å². The van der Waals surface area contributed by atoms with Gasteiger partial charge < -0.3 is 14.3 Å². The minimum atomic E-state index is -0.311. The van der Waals surface area contributed by atoms with Crippen LogP contribution < -0.4 is 4.74 Å². The molecule has 0 saturated heterocycles. The predicted molar refractivity (Wildman–Crippen MR) is 86.7 cm³/mol. The summed E-state index contributed by atoms with van der Waals surface area (Å²) in [7, 11) is 0. The van der Waals surface area contributed by atoms with Crippen LogP contribution in [0.3, 0.4) is 0 Å². The molecule has 0 fully saturated rings. The lowest BCUT2D eigenvalue weighted by Gasteiger charge is -2.07. The highest BCUT2D eigenvalue weighted by Crippen LogP contribution is 2.23. The van der Waals surface area contributed by atoms with Crippen molar-refractivity contribution in [2.24, 2.45) is 0 Å². The Morgan fingerprint density at radius 1 is 1.24 bits per heavy atom. The number of halogens is 2. The summed E-state index contributed by atoms with van der Waals surface area (Å²) in [6.07, 6.45) is 0. The zero-order valence-electron chi connectivity index (χ0n) is 11.0. The van der Waals surface area contributed by atoms with Gasteiger partial charge in [-0.2, -0.15) is 0 Å². The van der Waals surface area contributed by atoms with E-state index >= 15 is 0 Å². The zero-order chi connectivity index (χ0) is 14.8. The number of rotatable bonds is 4. The topological polar surface area (TPSA) is 29.9 Å². The molecule has 0 aliphatic heterocycles. The van der Waals surface area contributed by atoms with Gasteiger partial charge in [-0.15, -0.1) is 0 Å². The number of aromatic nitrogens is 2. The average molecular weight is 367 g/mol. The monoisotopic (exact) mass is 366 g/mol. The molecule has 21 heavy (non-hydrogen) atoms. The number of fused-ring (bicyclic) bond motifs is 1. The molecule has 108 valence electrons. The highest BCUT2D eigenvalue weighted by atomic mass is 79.9. The molecular weight excluding hydrogens is 355 g/mol. The van der Waals surface area contributed by atoms with Crippen LogP contribution in [-0.2, 0) is 6.54 Å². The molecule has 0 bridgehead atoms. The maximum atomic E-state index is 13.7. The minimum absolute atomic E-state index is 0.311. The summed E-state index contributed by atoms with van der Waals surface area (Å²) < 4.78 is 22.1. The van der Waals surface area contributed by atoms with Crippen LogP contribution in [0.5, 0.6) is 5.75 Å². The fraction of sp³-hybridized carbons (Fsp3) is 0.133. The van der Waals surface area contributed by atoms with E-state index in [2.05, 4.69) is 20.9 Å². The van der Waals surface area contributed by atoms with E-state index in [1.807, 2.05) is 34.9 Å². The van der Waals surface area contributed by atoms with Gasteiger partial charge in [0.05, 0.1) is 22.1 Å². The Bertz CT molecular complexity index is 829. The van der Waals surface area contributed by atoms with Gasteiger partial charge in [0.15, 0.2) is 4.77 Å². The molecule has 3 nitrogen and oxygen atoms in total. The molecule has 0 amide bonds. The Balaban J connectivity index is 1.82. The van der Waals surface area contributed by atoms with Crippen LogP contribution in [-0.4, -0.2) is 16.2 Å². The van der Waals surface area contributed by atoms with Gasteiger partial charge in [0.25, 0.3) is 0 Å². The number of nitrogens with one attached hydrogen (secondary N) is 1. The van der Waals surface area contributed by atoms with Crippen LogP contribution in [0.2, 0.25) is 0 Å². The molecule has 0 aliphatic rings. The fourth-order valence-corrected chi connectivity index (χ4v) is 2.79. The number of aromatic amines is 1. The van der Waals surface area contributed by atoms with Gasteiger partial charge in [0.2, 0.25) is 0 Å². The SMILES string of the molecule is Fc1cc2c(cc1Br)[nH]c(=S)n2CCOc1ccccc1. The van der Waals surface area contributed by atoms with E-state index in [1.165, 1.54) is 6.07 Å². The maximum Gasteiger partial charge on any atom is 0.178 e. The van der Waals surface area contributed by atoms with E-state index in [1.54, 1.807) is 6.07 Å². The van der Waals surface area contributed by atoms with Crippen molar-refractivity contribution in [1.82, 2.24) is 9.55 Å². The molecule has 2 aromatic carbocycles. The number of hydrogen-bond donors (Lipinski definition) is 1. The maximum absolute atomic E-state index is 13.7. The van der Waals surface area contributed by atoms with Crippen molar-refractivity contribution in [3.05, 3.63) is 57.5 Å². The first kappa shape index (κ1) is 14.3. The van der Waals surface area contributed by atoms with Gasteiger partial charge in [-0.3, -0.25) is 0 Å². The molecule has 0 saturated carbocycles. The lowest BCUT2D eigenvalue weighted by molar-refractivity contribution is 0.299. The fourth-order valence-electron chi connectivity index (χ4n) is 2.15. The first-order valence-corrected chi connectivity index (χ1v) is 7.60. The van der Waals surface area contributed by atoms with E-state index in [9.17, 15) is 4.39 Å². The smallest absolute Gasteiger partial charge is 0.178 e. The number of ether oxygens (including phenoxy) is 1. The summed E-state index contributed by atoms with van der Waals surface area (Å²) in [4.78, 5) is 3.07. The highest BCUT2D eigenvalue weighted by molar-refractivity contribution is 9.10. The van der Waals surface area contributed by atoms with E-state index < -0.39 is 0 Å². The van der Waals surface area contributed by atoms with Crippen molar-refractivity contribution in [2.75, 3.05) is 6.61 Å². The number of H-pyrrole nitrogens is 1. The van der Waals surface area contributed by atoms with Crippen LogP contribution in [0.15, 0.2) is 46.9 Å². The van der Waals surface area contributed by atoms with Gasteiger partial charge in [-0.1, -0.05) is 18.2 Å². The quantitative estimate of drug-likeness (QED) is 0.679. The van der Waals surface area contributed by atoms with Crippen LogP contribution in [0.4, 0.5) is 4.39 Å². The lowest BCUT2D eigenvalue weighted by atomic mass is 10.3. The molecule has 1 N–H and O–H groups in total. The number of hydrogen-bond acceptors (Lipinski definition) is 2. The summed E-state index contributed by atoms with van der Waals surface area (Å²) in [5.41, 5.74) is 1.53. The van der Waals surface area contributed by atoms with Gasteiger partial charge in [0, 0.05) is 6.07 Å². The van der Waals surface area contributed by atoms with Crippen molar-refractivity contribution in [3.63, 3.8) is 0 Å². The summed E-state index contributed by atoms with van der Waals surface area (Å²) in [5.74, 6) is 0.493. The third-order valence-corrected chi connectivity index (χ3v) is 4.07. The Morgan fingerprint density at radius 2 is 2.00 bits per heavy atom. The number of para-hydroxylation sites is 1. The molecule has 0 atom stereocenters. The molecular formula is C15H12BrFN2OS. The number of imidazole rings is 1. The van der Waals surface area contributed by atoms with Crippen molar-refractivity contribution < 1.29 is 9.13 Å². The average Bonchev–Trinajstić information content (AvgIpc) is 2.76. The lowest BCUT2D eigenvalue weighted by Crippen LogP contribution is -2.08. The standard InChI is InChI=1S/C15H12BrFN2OS/c16-11-8-13-14(9-12(11)17)19(15(21)18-13)6-7-20-10-4-2-1-3-5-10/h1-5,8-9H,6-7H2,(H,18,21). The van der Waals surface area contributed by atoms with Crippen LogP contribution in [0, 0.1) is 10.6 Å². The Morgan fingerprint density at radius 3 is 2.76 bits per heavy atom. The van der Waals surface area contributed by atoms with Crippen LogP contribution >= 0.6 is 28.1 Å². The molecule has 0 spiro atoms. The zero-order valence-corrected chi connectivity index (χ0v) is 13.4. The largest absolute Gasteiger partial charge is 0.492 e. The van der Waals surface area contributed by atoms with E-state index in [0.717, 1.165) is 16.8 Å². The molecule has 3 aromatic rings. The third-order valence-electron chi connectivity index (χ3n) is 3.14. The number of benzene rings is 2. The van der Waals surface area contributed by atoms with Gasteiger partial charge in [-0.25, -0.2) is 4.39 Å². The highest BCUT2D eigenvalue weighted by Gasteiger charge is 2.08. The Labute approximate surface area is 134 Å². The first-order chi connectivity index (χ1) is 10.1. The first-order valence-electron chi connectivity index (χ1n) is 6.40. The molecule has 0 aliphatic carbocycles. The van der Waals surface area contributed by atoms with Crippen molar-refractivity contribution in [2.45, 2.75) is 6.54 Å². The number of nitrogens with zero attached hydrogens (tertiary/aromatic N) is 1. The van der Waals surface area contributed by atoms with Crippen LogP contribution in [0.25, 0.3) is 11.0 Å². The summed E-state index contributed by atoms with van der Waals surface area (Å²) in [6, 6.07) is 12.7. The van der Waals surface area contributed by atoms with Gasteiger partial charge >= 0.3 is 0 Å². The molecule has 0 radical (unpaired) electrons. The summed E-state index contributed by atoms with van der Waals surface area (Å²) >= 11 is 8.45. The van der Waals surface area contributed by atoms with Crippen molar-refractivity contribution in [3.8, 4) is 5.75 Å². The molecule has 6 heteroatoms. The Hall–Kier alpha value is -1.66. The molecule has 1 heterocycles. The molecule has 3 rings (SSSR count). The third kappa shape index (κ3) is 3.01. The molecule has 1 aromatic heterocycles. The van der Waals surface area contributed by atoms with E-state index in [0.29, 0.717) is 22.4 Å². The molecule has 0 unspecified atom stereocenters. The summed E-state index contributed by atoms with van der Waals surface area (Å²) in [6.45, 7) is 1.01. The van der Waals surface area contributed by atoms with Gasteiger partial charge in [0.1, 0.15) is 18.2 Å². The second kappa shape index (κ2) is 5.99. The van der Waals surface area contributed by atoms with E-state index in [-0.39, 0.29) is 5.82 Å². The van der Waals surface area contributed by atoms with Gasteiger partial charge in [-0.05, 0) is 46.3 Å². The van der Waals surface area contributed by atoms with Crippen molar-refractivity contribution >= 4 is 39.2 Å². The second-order valence-electron chi connectivity index (χ2n) is 4.53. The van der Waals surface area contributed by atoms with E-state index in [4.69, 9.17) is 17.0 Å². The predicted octanol–water partition coefficient (Wildman–Crippen LogP) is 4.68. The van der Waals surface area contributed by atoms with Crippen LogP contribution in [0.1, 0.15) is 0 Å². The Kier molecular flexibility index (Phi) is 4.07.